The fourth-order valence-electron chi connectivity index (χ4n) is 1.75. The van der Waals surface area contributed by atoms with Gasteiger partial charge in [-0.25, -0.2) is 0 Å². The van der Waals surface area contributed by atoms with Crippen LogP contribution in [0.4, 0.5) is 0 Å². The minimum Gasteiger partial charge on any atom is -0.497 e. The number of hydrogen-bond donors (Lipinski definition) is 0. The Balaban J connectivity index is 2.41. The number of methoxy groups -OCH3 is 1. The molecule has 0 radical (unpaired) electrons. The van der Waals surface area contributed by atoms with Crippen molar-refractivity contribution in [2.45, 2.75) is 6.92 Å². The molecule has 0 fully saturated rings. The zero-order chi connectivity index (χ0) is 14.0. The quantitative estimate of drug-likeness (QED) is 0.761. The van der Waals surface area contributed by atoms with E-state index in [1.165, 1.54) is 0 Å². The lowest BCUT2D eigenvalue weighted by Gasteiger charge is -2.07. The molecule has 0 unspecified atom stereocenters. The number of benzene rings is 2. The van der Waals surface area contributed by atoms with Crippen molar-refractivity contribution in [2.24, 2.45) is 0 Å². The predicted octanol–water partition coefficient (Wildman–Crippen LogP) is 4.65. The first-order valence-corrected chi connectivity index (χ1v) is 6.84. The van der Waals surface area contributed by atoms with Gasteiger partial charge in [0.15, 0.2) is 5.78 Å². The molecule has 0 N–H and O–H groups in total. The van der Waals surface area contributed by atoms with Crippen LogP contribution >= 0.6 is 27.5 Å². The lowest BCUT2D eigenvalue weighted by molar-refractivity contribution is 0.103. The molecule has 0 aliphatic rings. The Bertz CT molecular complexity index is 638. The molecule has 2 rings (SSSR count). The monoisotopic (exact) mass is 338 g/mol. The van der Waals surface area contributed by atoms with E-state index in [4.69, 9.17) is 16.3 Å². The van der Waals surface area contributed by atoms with Crippen molar-refractivity contribution in [3.63, 3.8) is 0 Å². The standard InChI is InChI=1S/C15H12BrClO2/c1-9-7-10(3-6-14(9)17)15(18)12-5-4-11(19-2)8-13(12)16/h3-8H,1-2H3. The molecule has 2 nitrogen and oxygen atoms in total. The fourth-order valence-corrected chi connectivity index (χ4v) is 2.40. The summed E-state index contributed by atoms with van der Waals surface area (Å²) in [7, 11) is 1.59. The van der Waals surface area contributed by atoms with Gasteiger partial charge in [0.1, 0.15) is 5.75 Å². The van der Waals surface area contributed by atoms with Crippen LogP contribution in [0, 0.1) is 6.92 Å². The van der Waals surface area contributed by atoms with Gasteiger partial charge in [0, 0.05) is 20.6 Å². The van der Waals surface area contributed by atoms with Crippen LogP contribution in [0.25, 0.3) is 0 Å². The molecule has 0 spiro atoms. The van der Waals surface area contributed by atoms with Crippen molar-refractivity contribution in [3.8, 4) is 5.75 Å². The van der Waals surface area contributed by atoms with Crippen molar-refractivity contribution in [1.29, 1.82) is 0 Å². The second kappa shape index (κ2) is 5.76. The minimum absolute atomic E-state index is 0.0469. The molecule has 0 aromatic heterocycles. The summed E-state index contributed by atoms with van der Waals surface area (Å²) < 4.78 is 5.82. The topological polar surface area (TPSA) is 26.3 Å². The lowest BCUT2D eigenvalue weighted by Crippen LogP contribution is -2.03. The largest absolute Gasteiger partial charge is 0.497 e. The molecule has 0 saturated carbocycles. The molecule has 19 heavy (non-hydrogen) atoms. The molecule has 0 saturated heterocycles. The molecule has 4 heteroatoms. The highest BCUT2D eigenvalue weighted by Gasteiger charge is 2.14. The van der Waals surface area contributed by atoms with Crippen molar-refractivity contribution in [1.82, 2.24) is 0 Å². The normalized spacial score (nSPS) is 10.3. The van der Waals surface area contributed by atoms with Crippen LogP contribution in [0.5, 0.6) is 5.75 Å². The smallest absolute Gasteiger partial charge is 0.194 e. The predicted molar refractivity (Wildman–Crippen MR) is 80.3 cm³/mol. The lowest BCUT2D eigenvalue weighted by atomic mass is 10.0. The van der Waals surface area contributed by atoms with Crippen LogP contribution < -0.4 is 4.74 Å². The number of aryl methyl sites for hydroxylation is 1. The highest BCUT2D eigenvalue weighted by atomic mass is 79.9. The Morgan fingerprint density at radius 1 is 1.21 bits per heavy atom. The average molecular weight is 340 g/mol. The zero-order valence-electron chi connectivity index (χ0n) is 10.5. The number of ketones is 1. The van der Waals surface area contributed by atoms with Crippen LogP contribution in [0.2, 0.25) is 5.02 Å². The minimum atomic E-state index is -0.0469. The summed E-state index contributed by atoms with van der Waals surface area (Å²) in [5, 5.41) is 0.658. The van der Waals surface area contributed by atoms with Crippen molar-refractivity contribution in [3.05, 3.63) is 62.6 Å². The molecule has 2 aromatic rings. The summed E-state index contributed by atoms with van der Waals surface area (Å²) in [6.07, 6.45) is 0. The third-order valence-corrected chi connectivity index (χ3v) is 3.92. The SMILES string of the molecule is COc1ccc(C(=O)c2ccc(Cl)c(C)c2)c(Br)c1. The second-order valence-electron chi connectivity index (χ2n) is 4.14. The van der Waals surface area contributed by atoms with Gasteiger partial charge >= 0.3 is 0 Å². The van der Waals surface area contributed by atoms with E-state index in [1.54, 1.807) is 43.5 Å². The molecule has 0 amide bonds. The summed E-state index contributed by atoms with van der Waals surface area (Å²) in [6.45, 7) is 1.88. The van der Waals surface area contributed by atoms with Crippen LogP contribution in [0.3, 0.4) is 0 Å². The van der Waals surface area contributed by atoms with Gasteiger partial charge < -0.3 is 4.74 Å². The number of carbonyl (C=O) groups excluding carboxylic acids is 1. The first-order chi connectivity index (χ1) is 9.02. The molecule has 2 aromatic carbocycles. The highest BCUT2D eigenvalue weighted by molar-refractivity contribution is 9.10. The Morgan fingerprint density at radius 2 is 1.95 bits per heavy atom. The number of rotatable bonds is 3. The van der Waals surface area contributed by atoms with Gasteiger partial charge in [-0.05, 0) is 64.8 Å². The highest BCUT2D eigenvalue weighted by Crippen LogP contribution is 2.26. The molecule has 0 atom stereocenters. The van der Waals surface area contributed by atoms with Crippen molar-refractivity contribution in [2.75, 3.05) is 7.11 Å². The summed E-state index contributed by atoms with van der Waals surface area (Å²) in [4.78, 5) is 12.4. The zero-order valence-corrected chi connectivity index (χ0v) is 12.9. The first-order valence-electron chi connectivity index (χ1n) is 5.67. The van der Waals surface area contributed by atoms with Gasteiger partial charge in [-0.3, -0.25) is 4.79 Å². The van der Waals surface area contributed by atoms with Crippen LogP contribution in [0.1, 0.15) is 21.5 Å². The van der Waals surface area contributed by atoms with E-state index in [1.807, 2.05) is 6.92 Å². The molecule has 0 aliphatic carbocycles. The summed E-state index contributed by atoms with van der Waals surface area (Å²) in [5.41, 5.74) is 2.10. The van der Waals surface area contributed by atoms with Crippen LogP contribution in [-0.4, -0.2) is 12.9 Å². The van der Waals surface area contributed by atoms with E-state index in [0.717, 1.165) is 5.56 Å². The van der Waals surface area contributed by atoms with Gasteiger partial charge in [-0.1, -0.05) is 11.6 Å². The number of hydrogen-bond acceptors (Lipinski definition) is 2. The summed E-state index contributed by atoms with van der Waals surface area (Å²) in [5.74, 6) is 0.657. The molecular formula is C15H12BrClO2. The summed E-state index contributed by atoms with van der Waals surface area (Å²) in [6, 6.07) is 10.5. The van der Waals surface area contributed by atoms with Gasteiger partial charge in [0.05, 0.1) is 7.11 Å². The van der Waals surface area contributed by atoms with Crippen molar-refractivity contribution < 1.29 is 9.53 Å². The van der Waals surface area contributed by atoms with E-state index < -0.39 is 0 Å². The maximum absolute atomic E-state index is 12.4. The van der Waals surface area contributed by atoms with E-state index in [0.29, 0.717) is 26.4 Å². The van der Waals surface area contributed by atoms with E-state index in [9.17, 15) is 4.79 Å². The van der Waals surface area contributed by atoms with E-state index >= 15 is 0 Å². The molecular weight excluding hydrogens is 328 g/mol. The molecule has 0 bridgehead atoms. The third kappa shape index (κ3) is 2.99. The number of ether oxygens (including phenoxy) is 1. The third-order valence-electron chi connectivity index (χ3n) is 2.84. The number of carbonyl (C=O) groups is 1. The Morgan fingerprint density at radius 3 is 2.53 bits per heavy atom. The fraction of sp³-hybridized carbons (Fsp3) is 0.133. The molecule has 0 heterocycles. The Kier molecular flexibility index (Phi) is 4.27. The Labute approximate surface area is 125 Å². The Hall–Kier alpha value is -1.32. The maximum Gasteiger partial charge on any atom is 0.194 e. The summed E-state index contributed by atoms with van der Waals surface area (Å²) >= 11 is 9.36. The molecule has 98 valence electrons. The van der Waals surface area contributed by atoms with Gasteiger partial charge in [-0.2, -0.15) is 0 Å². The maximum atomic E-state index is 12.4. The molecule has 0 aliphatic heterocycles. The number of halogens is 2. The van der Waals surface area contributed by atoms with Crippen LogP contribution in [0.15, 0.2) is 40.9 Å². The van der Waals surface area contributed by atoms with E-state index in [2.05, 4.69) is 15.9 Å². The van der Waals surface area contributed by atoms with Gasteiger partial charge in [0.2, 0.25) is 0 Å². The van der Waals surface area contributed by atoms with Crippen molar-refractivity contribution >= 4 is 33.3 Å². The van der Waals surface area contributed by atoms with Gasteiger partial charge in [0.25, 0.3) is 0 Å². The van der Waals surface area contributed by atoms with Gasteiger partial charge in [-0.15, -0.1) is 0 Å². The van der Waals surface area contributed by atoms with E-state index in [-0.39, 0.29) is 5.78 Å². The first kappa shape index (κ1) is 14.1. The second-order valence-corrected chi connectivity index (χ2v) is 5.40. The van der Waals surface area contributed by atoms with Crippen LogP contribution in [-0.2, 0) is 0 Å². The average Bonchev–Trinajstić information content (AvgIpc) is 2.41.